The van der Waals surface area contributed by atoms with Gasteiger partial charge in [-0.3, -0.25) is 9.89 Å². The first-order chi connectivity index (χ1) is 9.29. The van der Waals surface area contributed by atoms with E-state index in [1.54, 1.807) is 0 Å². The van der Waals surface area contributed by atoms with E-state index in [1.807, 2.05) is 6.92 Å². The second-order valence-electron chi connectivity index (χ2n) is 4.85. The van der Waals surface area contributed by atoms with Gasteiger partial charge in [-0.05, 0) is 12.8 Å². The molecule has 0 radical (unpaired) electrons. The average Bonchev–Trinajstić information content (AvgIpc) is 2.93. The SMILES string of the molecule is CCc1nc(C(=O)NCCOC2CCCCC2)n[nH]1. The van der Waals surface area contributed by atoms with Crippen molar-refractivity contribution in [3.05, 3.63) is 11.6 Å². The van der Waals surface area contributed by atoms with Gasteiger partial charge >= 0.3 is 0 Å². The lowest BCUT2D eigenvalue weighted by atomic mass is 9.98. The zero-order chi connectivity index (χ0) is 13.5. The van der Waals surface area contributed by atoms with Crippen LogP contribution in [-0.4, -0.2) is 40.3 Å². The number of aromatic amines is 1. The van der Waals surface area contributed by atoms with Gasteiger partial charge in [0, 0.05) is 13.0 Å². The number of nitrogens with one attached hydrogen (secondary N) is 2. The maximum atomic E-state index is 11.7. The van der Waals surface area contributed by atoms with Crippen LogP contribution in [0.2, 0.25) is 0 Å². The highest BCUT2D eigenvalue weighted by molar-refractivity contribution is 5.90. The fourth-order valence-electron chi connectivity index (χ4n) is 2.26. The van der Waals surface area contributed by atoms with Crippen molar-refractivity contribution in [1.29, 1.82) is 0 Å². The Labute approximate surface area is 113 Å². The van der Waals surface area contributed by atoms with Crippen LogP contribution in [0.15, 0.2) is 0 Å². The van der Waals surface area contributed by atoms with Crippen LogP contribution >= 0.6 is 0 Å². The molecule has 1 saturated carbocycles. The summed E-state index contributed by atoms with van der Waals surface area (Å²) in [6.45, 7) is 3.02. The Kier molecular flexibility index (Phi) is 5.32. The molecular formula is C13H22N4O2. The summed E-state index contributed by atoms with van der Waals surface area (Å²) in [5.41, 5.74) is 0. The molecule has 0 unspecified atom stereocenters. The number of carbonyl (C=O) groups is 1. The molecule has 1 aliphatic rings. The number of ether oxygens (including phenoxy) is 1. The van der Waals surface area contributed by atoms with Crippen LogP contribution in [0.1, 0.15) is 55.5 Å². The van der Waals surface area contributed by atoms with Gasteiger partial charge in [0.05, 0.1) is 12.7 Å². The third kappa shape index (κ3) is 4.31. The molecule has 6 heteroatoms. The predicted octanol–water partition coefficient (Wildman–Crippen LogP) is 1.45. The molecule has 1 fully saturated rings. The zero-order valence-corrected chi connectivity index (χ0v) is 11.4. The van der Waals surface area contributed by atoms with Gasteiger partial charge in [0.15, 0.2) is 0 Å². The number of aromatic nitrogens is 3. The van der Waals surface area contributed by atoms with Crippen molar-refractivity contribution < 1.29 is 9.53 Å². The first-order valence-corrected chi connectivity index (χ1v) is 7.10. The summed E-state index contributed by atoms with van der Waals surface area (Å²) in [5, 5.41) is 9.36. The number of aryl methyl sites for hydroxylation is 1. The molecule has 0 aliphatic heterocycles. The summed E-state index contributed by atoms with van der Waals surface area (Å²) >= 11 is 0. The lowest BCUT2D eigenvalue weighted by Crippen LogP contribution is -2.30. The molecule has 1 heterocycles. The van der Waals surface area contributed by atoms with Crippen molar-refractivity contribution in [2.24, 2.45) is 0 Å². The van der Waals surface area contributed by atoms with Gasteiger partial charge in [0.1, 0.15) is 5.82 Å². The van der Waals surface area contributed by atoms with Crippen LogP contribution in [-0.2, 0) is 11.2 Å². The number of hydrogen-bond acceptors (Lipinski definition) is 4. The number of nitrogens with zero attached hydrogens (tertiary/aromatic N) is 2. The maximum absolute atomic E-state index is 11.7. The van der Waals surface area contributed by atoms with E-state index in [0.29, 0.717) is 19.3 Å². The molecule has 1 aromatic rings. The summed E-state index contributed by atoms with van der Waals surface area (Å²) in [6, 6.07) is 0. The topological polar surface area (TPSA) is 79.9 Å². The van der Waals surface area contributed by atoms with E-state index in [9.17, 15) is 4.79 Å². The Bertz CT molecular complexity index is 399. The Morgan fingerprint density at radius 1 is 1.42 bits per heavy atom. The smallest absolute Gasteiger partial charge is 0.291 e. The fraction of sp³-hybridized carbons (Fsp3) is 0.769. The second kappa shape index (κ2) is 7.23. The van der Waals surface area contributed by atoms with E-state index < -0.39 is 0 Å². The van der Waals surface area contributed by atoms with Crippen molar-refractivity contribution >= 4 is 5.91 Å². The van der Waals surface area contributed by atoms with E-state index in [0.717, 1.165) is 25.1 Å². The minimum Gasteiger partial charge on any atom is -0.376 e. The van der Waals surface area contributed by atoms with Crippen LogP contribution in [0, 0.1) is 0 Å². The molecule has 0 atom stereocenters. The summed E-state index contributed by atoms with van der Waals surface area (Å²) in [4.78, 5) is 15.8. The molecule has 1 amide bonds. The molecule has 0 aromatic carbocycles. The number of amides is 1. The van der Waals surface area contributed by atoms with Crippen LogP contribution in [0.4, 0.5) is 0 Å². The Morgan fingerprint density at radius 3 is 2.89 bits per heavy atom. The second-order valence-corrected chi connectivity index (χ2v) is 4.85. The minimum absolute atomic E-state index is 0.203. The summed E-state index contributed by atoms with van der Waals surface area (Å²) in [6.07, 6.45) is 7.25. The summed E-state index contributed by atoms with van der Waals surface area (Å²) in [5.74, 6) is 0.682. The third-order valence-corrected chi connectivity index (χ3v) is 3.36. The van der Waals surface area contributed by atoms with Crippen LogP contribution in [0.5, 0.6) is 0 Å². The van der Waals surface area contributed by atoms with Gasteiger partial charge in [-0.15, -0.1) is 5.10 Å². The first kappa shape index (κ1) is 14.0. The van der Waals surface area contributed by atoms with Crippen LogP contribution in [0.3, 0.4) is 0 Å². The molecule has 106 valence electrons. The molecule has 1 aromatic heterocycles. The number of carbonyl (C=O) groups excluding carboxylic acids is 1. The number of H-pyrrole nitrogens is 1. The zero-order valence-electron chi connectivity index (χ0n) is 11.4. The van der Waals surface area contributed by atoms with Crippen molar-refractivity contribution in [2.45, 2.75) is 51.6 Å². The van der Waals surface area contributed by atoms with Gasteiger partial charge in [-0.2, -0.15) is 0 Å². The average molecular weight is 266 g/mol. The third-order valence-electron chi connectivity index (χ3n) is 3.36. The van der Waals surface area contributed by atoms with E-state index in [4.69, 9.17) is 4.74 Å². The van der Waals surface area contributed by atoms with E-state index in [1.165, 1.54) is 19.3 Å². The van der Waals surface area contributed by atoms with Gasteiger partial charge in [0.25, 0.3) is 5.91 Å². The minimum atomic E-state index is -0.247. The molecule has 2 N–H and O–H groups in total. The van der Waals surface area contributed by atoms with E-state index >= 15 is 0 Å². The Hall–Kier alpha value is -1.43. The molecule has 6 nitrogen and oxygen atoms in total. The first-order valence-electron chi connectivity index (χ1n) is 7.10. The maximum Gasteiger partial charge on any atom is 0.291 e. The van der Waals surface area contributed by atoms with E-state index in [-0.39, 0.29) is 11.7 Å². The van der Waals surface area contributed by atoms with Crippen molar-refractivity contribution in [1.82, 2.24) is 20.5 Å². The molecule has 1 aliphatic carbocycles. The van der Waals surface area contributed by atoms with E-state index in [2.05, 4.69) is 20.5 Å². The summed E-state index contributed by atoms with van der Waals surface area (Å²) in [7, 11) is 0. The van der Waals surface area contributed by atoms with Gasteiger partial charge in [-0.1, -0.05) is 26.2 Å². The molecule has 0 bridgehead atoms. The lowest BCUT2D eigenvalue weighted by Gasteiger charge is -2.21. The largest absolute Gasteiger partial charge is 0.376 e. The highest BCUT2D eigenvalue weighted by atomic mass is 16.5. The Morgan fingerprint density at radius 2 is 2.21 bits per heavy atom. The Balaban J connectivity index is 1.63. The molecular weight excluding hydrogens is 244 g/mol. The molecule has 0 spiro atoms. The quantitative estimate of drug-likeness (QED) is 0.764. The number of hydrogen-bond donors (Lipinski definition) is 2. The predicted molar refractivity (Wildman–Crippen MR) is 70.9 cm³/mol. The molecule has 19 heavy (non-hydrogen) atoms. The van der Waals surface area contributed by atoms with Gasteiger partial charge < -0.3 is 10.1 Å². The molecule has 2 rings (SSSR count). The fourth-order valence-corrected chi connectivity index (χ4v) is 2.26. The highest BCUT2D eigenvalue weighted by Gasteiger charge is 2.14. The van der Waals surface area contributed by atoms with Crippen molar-refractivity contribution in [3.8, 4) is 0 Å². The standard InChI is InChI=1S/C13H22N4O2/c1-2-11-15-12(17-16-11)13(18)14-8-9-19-10-6-4-3-5-7-10/h10H,2-9H2,1H3,(H,14,18)(H,15,16,17). The normalized spacial score (nSPS) is 16.5. The highest BCUT2D eigenvalue weighted by Crippen LogP contribution is 2.19. The summed E-state index contributed by atoms with van der Waals surface area (Å²) < 4.78 is 5.73. The number of rotatable bonds is 6. The van der Waals surface area contributed by atoms with Crippen LogP contribution in [0.25, 0.3) is 0 Å². The lowest BCUT2D eigenvalue weighted by molar-refractivity contribution is 0.0299. The monoisotopic (exact) mass is 266 g/mol. The van der Waals surface area contributed by atoms with Gasteiger partial charge in [-0.25, -0.2) is 4.98 Å². The van der Waals surface area contributed by atoms with Crippen molar-refractivity contribution in [3.63, 3.8) is 0 Å². The van der Waals surface area contributed by atoms with Gasteiger partial charge in [0.2, 0.25) is 5.82 Å². The molecule has 0 saturated heterocycles. The van der Waals surface area contributed by atoms with Crippen LogP contribution < -0.4 is 5.32 Å². The van der Waals surface area contributed by atoms with Crippen molar-refractivity contribution in [2.75, 3.05) is 13.2 Å².